The Kier molecular flexibility index (Phi) is 4.37. The molecule has 0 aliphatic carbocycles. The van der Waals surface area contributed by atoms with Crippen LogP contribution in [0.4, 0.5) is 4.39 Å². The number of ether oxygens (including phenoxy) is 1. The largest absolute Gasteiger partial charge is 0.481 e. The van der Waals surface area contributed by atoms with E-state index in [-0.39, 0.29) is 11.7 Å². The van der Waals surface area contributed by atoms with E-state index in [1.54, 1.807) is 6.92 Å². The highest BCUT2D eigenvalue weighted by molar-refractivity contribution is 5.81. The summed E-state index contributed by atoms with van der Waals surface area (Å²) < 4.78 is 18.3. The van der Waals surface area contributed by atoms with Gasteiger partial charge in [-0.15, -0.1) is 0 Å². The Balaban J connectivity index is 1.90. The molecule has 1 amide bonds. The first-order valence-electron chi connectivity index (χ1n) is 6.46. The lowest BCUT2D eigenvalue weighted by Gasteiger charge is -2.33. The van der Waals surface area contributed by atoms with Crippen molar-refractivity contribution in [2.24, 2.45) is 0 Å². The van der Waals surface area contributed by atoms with Crippen LogP contribution in [0, 0.1) is 5.82 Å². The Bertz CT molecular complexity index is 428. The third-order valence-corrected chi connectivity index (χ3v) is 3.29. The van der Waals surface area contributed by atoms with E-state index in [2.05, 4.69) is 4.90 Å². The van der Waals surface area contributed by atoms with Crippen LogP contribution >= 0.6 is 0 Å². The van der Waals surface area contributed by atoms with E-state index in [0.29, 0.717) is 5.75 Å². The van der Waals surface area contributed by atoms with E-state index in [9.17, 15) is 9.18 Å². The van der Waals surface area contributed by atoms with Crippen molar-refractivity contribution in [3.05, 3.63) is 30.1 Å². The Morgan fingerprint density at radius 2 is 1.79 bits per heavy atom. The maximum Gasteiger partial charge on any atom is 0.263 e. The Morgan fingerprint density at radius 3 is 2.37 bits per heavy atom. The number of halogens is 1. The number of hydrogen-bond acceptors (Lipinski definition) is 3. The maximum absolute atomic E-state index is 12.8. The molecule has 1 aliphatic rings. The molecular weight excluding hydrogens is 247 g/mol. The third kappa shape index (κ3) is 3.67. The lowest BCUT2D eigenvalue weighted by molar-refractivity contribution is -0.139. The average molecular weight is 266 g/mol. The molecule has 0 N–H and O–H groups in total. The third-order valence-electron chi connectivity index (χ3n) is 3.29. The summed E-state index contributed by atoms with van der Waals surface area (Å²) in [7, 11) is 2.04. The lowest BCUT2D eigenvalue weighted by atomic mass is 10.2. The van der Waals surface area contributed by atoms with Crippen LogP contribution in [0.15, 0.2) is 24.3 Å². The van der Waals surface area contributed by atoms with Crippen LogP contribution in [0.5, 0.6) is 5.75 Å². The van der Waals surface area contributed by atoms with E-state index in [1.165, 1.54) is 24.3 Å². The topological polar surface area (TPSA) is 32.8 Å². The molecule has 1 aromatic rings. The Labute approximate surface area is 112 Å². The standard InChI is InChI=1S/C14H19FN2O2/c1-11(19-13-5-3-12(15)4-6-13)14(18)17-9-7-16(2)8-10-17/h3-6,11H,7-10H2,1-2H3/t11-/m1/s1. The van der Waals surface area contributed by atoms with Gasteiger partial charge >= 0.3 is 0 Å². The number of piperazine rings is 1. The zero-order valence-electron chi connectivity index (χ0n) is 11.3. The van der Waals surface area contributed by atoms with Crippen LogP contribution < -0.4 is 4.74 Å². The van der Waals surface area contributed by atoms with Gasteiger partial charge in [-0.3, -0.25) is 4.79 Å². The van der Waals surface area contributed by atoms with Crippen LogP contribution in [0.3, 0.4) is 0 Å². The van der Waals surface area contributed by atoms with E-state index in [4.69, 9.17) is 4.74 Å². The lowest BCUT2D eigenvalue weighted by Crippen LogP contribution is -2.50. The summed E-state index contributed by atoms with van der Waals surface area (Å²) in [6, 6.07) is 5.71. The van der Waals surface area contributed by atoms with Crippen LogP contribution in [0.1, 0.15) is 6.92 Å². The fourth-order valence-electron chi connectivity index (χ4n) is 2.05. The zero-order valence-corrected chi connectivity index (χ0v) is 11.3. The number of rotatable bonds is 3. The van der Waals surface area contributed by atoms with Gasteiger partial charge in [0.05, 0.1) is 0 Å². The first kappa shape index (κ1) is 13.8. The summed E-state index contributed by atoms with van der Waals surface area (Å²) in [4.78, 5) is 16.2. The minimum Gasteiger partial charge on any atom is -0.481 e. The molecule has 0 bridgehead atoms. The van der Waals surface area contributed by atoms with Crippen molar-refractivity contribution in [1.82, 2.24) is 9.80 Å². The molecule has 1 aromatic carbocycles. The van der Waals surface area contributed by atoms with E-state index in [0.717, 1.165) is 26.2 Å². The van der Waals surface area contributed by atoms with Crippen LogP contribution in [0.25, 0.3) is 0 Å². The monoisotopic (exact) mass is 266 g/mol. The molecule has 104 valence electrons. The highest BCUT2D eigenvalue weighted by Gasteiger charge is 2.24. The molecule has 0 radical (unpaired) electrons. The summed E-state index contributed by atoms with van der Waals surface area (Å²) in [5.41, 5.74) is 0. The van der Waals surface area contributed by atoms with E-state index in [1.807, 2.05) is 11.9 Å². The number of likely N-dealkylation sites (N-methyl/N-ethyl adjacent to an activating group) is 1. The normalized spacial score (nSPS) is 18.2. The van der Waals surface area contributed by atoms with Crippen molar-refractivity contribution in [2.75, 3.05) is 33.2 Å². The van der Waals surface area contributed by atoms with E-state index >= 15 is 0 Å². The van der Waals surface area contributed by atoms with Crippen molar-refractivity contribution in [2.45, 2.75) is 13.0 Å². The molecular formula is C14H19FN2O2. The van der Waals surface area contributed by atoms with Crippen molar-refractivity contribution in [3.63, 3.8) is 0 Å². The molecule has 4 nitrogen and oxygen atoms in total. The minimum atomic E-state index is -0.547. The molecule has 1 saturated heterocycles. The van der Waals surface area contributed by atoms with Gasteiger partial charge in [0.15, 0.2) is 6.10 Å². The second-order valence-electron chi connectivity index (χ2n) is 4.84. The smallest absolute Gasteiger partial charge is 0.263 e. The number of benzene rings is 1. The van der Waals surface area contributed by atoms with Gasteiger partial charge in [0.2, 0.25) is 0 Å². The molecule has 19 heavy (non-hydrogen) atoms. The molecule has 1 fully saturated rings. The van der Waals surface area contributed by atoms with Crippen molar-refractivity contribution < 1.29 is 13.9 Å². The molecule has 0 unspecified atom stereocenters. The summed E-state index contributed by atoms with van der Waals surface area (Å²) in [6.07, 6.45) is -0.547. The predicted octanol–water partition coefficient (Wildman–Crippen LogP) is 1.37. The zero-order chi connectivity index (χ0) is 13.8. The molecule has 5 heteroatoms. The van der Waals surface area contributed by atoms with Gasteiger partial charge < -0.3 is 14.5 Å². The van der Waals surface area contributed by atoms with Gasteiger partial charge in [0.25, 0.3) is 5.91 Å². The fourth-order valence-corrected chi connectivity index (χ4v) is 2.05. The average Bonchev–Trinajstić information content (AvgIpc) is 2.41. The first-order chi connectivity index (χ1) is 9.06. The van der Waals surface area contributed by atoms with Crippen LogP contribution in [-0.4, -0.2) is 55.0 Å². The van der Waals surface area contributed by atoms with Crippen LogP contribution in [0.2, 0.25) is 0 Å². The van der Waals surface area contributed by atoms with Crippen molar-refractivity contribution in [1.29, 1.82) is 0 Å². The van der Waals surface area contributed by atoms with Crippen molar-refractivity contribution in [3.8, 4) is 5.75 Å². The molecule has 1 heterocycles. The number of carbonyl (C=O) groups is 1. The van der Waals surface area contributed by atoms with Gasteiger partial charge in [-0.1, -0.05) is 0 Å². The predicted molar refractivity (Wildman–Crippen MR) is 70.6 cm³/mol. The molecule has 0 aromatic heterocycles. The Hall–Kier alpha value is -1.62. The van der Waals surface area contributed by atoms with Gasteiger partial charge in [0, 0.05) is 26.2 Å². The first-order valence-corrected chi connectivity index (χ1v) is 6.46. The molecule has 1 atom stereocenters. The maximum atomic E-state index is 12.8. The number of hydrogen-bond donors (Lipinski definition) is 0. The summed E-state index contributed by atoms with van der Waals surface area (Å²) in [5.74, 6) is 0.180. The van der Waals surface area contributed by atoms with Gasteiger partial charge in [-0.25, -0.2) is 4.39 Å². The highest BCUT2D eigenvalue weighted by atomic mass is 19.1. The minimum absolute atomic E-state index is 0.0163. The van der Waals surface area contributed by atoms with Gasteiger partial charge in [-0.05, 0) is 38.2 Å². The SMILES string of the molecule is C[C@@H](Oc1ccc(F)cc1)C(=O)N1CCN(C)CC1. The summed E-state index contributed by atoms with van der Waals surface area (Å²) in [5, 5.41) is 0. The fraction of sp³-hybridized carbons (Fsp3) is 0.500. The van der Waals surface area contributed by atoms with E-state index < -0.39 is 6.10 Å². The molecule has 0 saturated carbocycles. The van der Waals surface area contributed by atoms with Gasteiger partial charge in [0.1, 0.15) is 11.6 Å². The summed E-state index contributed by atoms with van der Waals surface area (Å²) in [6.45, 7) is 4.95. The number of nitrogens with zero attached hydrogens (tertiary/aromatic N) is 2. The van der Waals surface area contributed by atoms with Crippen molar-refractivity contribution >= 4 is 5.91 Å². The molecule has 0 spiro atoms. The number of amides is 1. The second-order valence-corrected chi connectivity index (χ2v) is 4.84. The number of carbonyl (C=O) groups excluding carboxylic acids is 1. The molecule has 1 aliphatic heterocycles. The second kappa shape index (κ2) is 6.02. The quantitative estimate of drug-likeness (QED) is 0.828. The Morgan fingerprint density at radius 1 is 1.21 bits per heavy atom. The highest BCUT2D eigenvalue weighted by Crippen LogP contribution is 2.14. The molecule has 2 rings (SSSR count). The van der Waals surface area contributed by atoms with Crippen LogP contribution in [-0.2, 0) is 4.79 Å². The summed E-state index contributed by atoms with van der Waals surface area (Å²) >= 11 is 0. The van der Waals surface area contributed by atoms with Gasteiger partial charge in [-0.2, -0.15) is 0 Å².